The van der Waals surface area contributed by atoms with Crippen molar-refractivity contribution in [3.63, 3.8) is 0 Å². The Balaban J connectivity index is 0.00000984. The van der Waals surface area contributed by atoms with Gasteiger partial charge in [-0.25, -0.2) is 9.48 Å². The number of aliphatic hydroxyl groups excluding tert-OH is 4. The molecule has 1 aromatic heterocycles. The summed E-state index contributed by atoms with van der Waals surface area (Å²) in [6, 6.07) is 19.1. The summed E-state index contributed by atoms with van der Waals surface area (Å²) >= 11 is 1.87. The van der Waals surface area contributed by atoms with Crippen molar-refractivity contribution in [2.24, 2.45) is 0 Å². The average Bonchev–Trinajstić information content (AvgIpc) is 4.20. The summed E-state index contributed by atoms with van der Waals surface area (Å²) in [5.74, 6) is -5.07. The Morgan fingerprint density at radius 2 is 1.50 bits per heavy atom. The zero-order valence-corrected chi connectivity index (χ0v) is 46.1. The smallest absolute Gasteiger partial charge is 0.544 e. The van der Waals surface area contributed by atoms with Crippen LogP contribution >= 0.6 is 11.8 Å². The number of aliphatic carboxylic acids is 1. The predicted molar refractivity (Wildman–Crippen MR) is 274 cm³/mol. The van der Waals surface area contributed by atoms with Crippen LogP contribution in [0, 0.1) is 0 Å². The van der Waals surface area contributed by atoms with E-state index in [9.17, 15) is 54.6 Å². The molecule has 0 bridgehead atoms. The molecule has 3 aliphatic heterocycles. The molecule has 0 spiro atoms. The van der Waals surface area contributed by atoms with Crippen LogP contribution in [0.5, 0.6) is 5.75 Å². The number of rotatable bonds is 31. The van der Waals surface area contributed by atoms with Gasteiger partial charge in [0, 0.05) is 42.5 Å². The molecule has 3 aromatic carbocycles. The van der Waals surface area contributed by atoms with Crippen molar-refractivity contribution in [2.75, 3.05) is 65.1 Å². The fraction of sp³-hybridized carbons (Fsp3) is 0.519. The van der Waals surface area contributed by atoms with E-state index < -0.39 is 80.2 Å². The molecular formula is C52H67N8NaO16S. The van der Waals surface area contributed by atoms with Crippen molar-refractivity contribution in [1.29, 1.82) is 0 Å². The van der Waals surface area contributed by atoms with Crippen LogP contribution < -0.4 is 61.2 Å². The van der Waals surface area contributed by atoms with E-state index in [0.29, 0.717) is 86.8 Å². The van der Waals surface area contributed by atoms with E-state index in [1.54, 1.807) is 83.7 Å². The van der Waals surface area contributed by atoms with E-state index >= 15 is 0 Å². The molecule has 78 heavy (non-hydrogen) atoms. The number of amides is 5. The number of nitrogens with zero attached hydrogens (tertiary/aromatic N) is 3. The minimum absolute atomic E-state index is 0. The number of unbranched alkanes of at least 4 members (excludes halogenated alkanes) is 1. The Morgan fingerprint density at radius 3 is 2.19 bits per heavy atom. The van der Waals surface area contributed by atoms with Gasteiger partial charge in [-0.1, -0.05) is 72.3 Å². The summed E-state index contributed by atoms with van der Waals surface area (Å²) in [7, 11) is 0. The quantitative estimate of drug-likeness (QED) is 0.0130. The number of urea groups is 1. The van der Waals surface area contributed by atoms with Gasteiger partial charge in [0.05, 0.1) is 95.7 Å². The van der Waals surface area contributed by atoms with Gasteiger partial charge in [0.25, 0.3) is 0 Å². The summed E-state index contributed by atoms with van der Waals surface area (Å²) in [6.07, 6.45) is -3.44. The first-order valence-corrected chi connectivity index (χ1v) is 26.6. The van der Waals surface area contributed by atoms with Gasteiger partial charge < -0.3 is 85.7 Å². The van der Waals surface area contributed by atoms with Gasteiger partial charge in [0.2, 0.25) is 23.5 Å². The Labute approximate surface area is 476 Å². The SMILES string of the molecule is O=C(CCCC[C@H]1SC[C@H]2NC(=O)N[C@H]21)NCCOCCOCCOCCn1cc(-c2ccc(CO[C@]3(C(=O)[O-])C[C@H](O)[C@@H](NC(=O)CO)[C@H]([C@H](O)[C@H](O)CNC(=O)Cc4ccc(-c5ccc(O)cc5)cc4)O3)cc2)nn1.[Na+]. The van der Waals surface area contributed by atoms with Crippen LogP contribution in [0.3, 0.4) is 0 Å². The van der Waals surface area contributed by atoms with Crippen molar-refractivity contribution < 1.29 is 108 Å². The molecule has 0 unspecified atom stereocenters. The van der Waals surface area contributed by atoms with Crippen LogP contribution in [0.15, 0.2) is 79.0 Å². The molecule has 7 rings (SSSR count). The molecule has 24 nitrogen and oxygen atoms in total. The zero-order valence-electron chi connectivity index (χ0n) is 43.3. The summed E-state index contributed by atoms with van der Waals surface area (Å²) in [5, 5.41) is 87.6. The van der Waals surface area contributed by atoms with Crippen molar-refractivity contribution in [3.8, 4) is 28.1 Å². The maximum atomic E-state index is 12.9. The second-order valence-corrected chi connectivity index (χ2v) is 20.1. The molecule has 5 amide bonds. The monoisotopic (exact) mass is 1110 g/mol. The number of carbonyl (C=O) groups excluding carboxylic acids is 5. The number of carboxylic acids is 1. The second-order valence-electron chi connectivity index (χ2n) is 18.8. The number of aromatic nitrogens is 3. The number of benzene rings is 3. The van der Waals surface area contributed by atoms with Gasteiger partial charge in [-0.3, -0.25) is 14.4 Å². The molecule has 0 radical (unpaired) electrons. The van der Waals surface area contributed by atoms with E-state index in [-0.39, 0.29) is 65.7 Å². The number of hydrogen-bond acceptors (Lipinski definition) is 19. The number of hydrogen-bond donors (Lipinski definition) is 10. The van der Waals surface area contributed by atoms with Crippen LogP contribution in [-0.2, 0) is 62.4 Å². The fourth-order valence-corrected chi connectivity index (χ4v) is 10.6. The largest absolute Gasteiger partial charge is 1.00 e. The normalized spacial score (nSPS) is 22.3. The molecule has 418 valence electrons. The summed E-state index contributed by atoms with van der Waals surface area (Å²) < 4.78 is 30.0. The Morgan fingerprint density at radius 1 is 0.846 bits per heavy atom. The number of carboxylic acid groups (broad SMARTS) is 1. The third kappa shape index (κ3) is 18.1. The Kier molecular flexibility index (Phi) is 24.6. The van der Waals surface area contributed by atoms with Crippen LogP contribution in [-0.4, -0.2) is 189 Å². The van der Waals surface area contributed by atoms with E-state index in [2.05, 4.69) is 36.9 Å². The summed E-state index contributed by atoms with van der Waals surface area (Å²) in [4.78, 5) is 61.6. The molecule has 0 aliphatic carbocycles. The second kappa shape index (κ2) is 30.9. The van der Waals surface area contributed by atoms with Gasteiger partial charge in [-0.2, -0.15) is 11.8 Å². The van der Waals surface area contributed by atoms with E-state index in [1.807, 2.05) is 11.8 Å². The van der Waals surface area contributed by atoms with Crippen molar-refractivity contribution in [3.05, 3.63) is 90.1 Å². The molecule has 10 N–H and O–H groups in total. The maximum Gasteiger partial charge on any atom is 1.00 e. The van der Waals surface area contributed by atoms with Crippen LogP contribution in [0.25, 0.3) is 22.4 Å². The number of phenolic OH excluding ortho intramolecular Hbond substituents is 1. The summed E-state index contributed by atoms with van der Waals surface area (Å²) in [5.41, 5.74) is 4.02. The van der Waals surface area contributed by atoms with Crippen molar-refractivity contribution in [2.45, 2.75) is 105 Å². The van der Waals surface area contributed by atoms with Crippen LogP contribution in [0.2, 0.25) is 0 Å². The topological polar surface area (TPSA) is 347 Å². The third-order valence-corrected chi connectivity index (χ3v) is 14.7. The van der Waals surface area contributed by atoms with Gasteiger partial charge in [-0.05, 0) is 47.2 Å². The summed E-state index contributed by atoms with van der Waals surface area (Å²) in [6.45, 7) is 1.05. The first-order chi connectivity index (χ1) is 37.2. The predicted octanol–water partition coefficient (Wildman–Crippen LogP) is -4.12. The first-order valence-electron chi connectivity index (χ1n) is 25.5. The molecule has 9 atom stereocenters. The number of ether oxygens (including phenoxy) is 5. The molecule has 3 aliphatic rings. The van der Waals surface area contributed by atoms with E-state index in [1.165, 1.54) is 0 Å². The number of aromatic hydroxyl groups is 1. The van der Waals surface area contributed by atoms with Gasteiger partial charge in [0.1, 0.15) is 36.2 Å². The van der Waals surface area contributed by atoms with E-state index in [0.717, 1.165) is 36.1 Å². The third-order valence-electron chi connectivity index (χ3n) is 13.2. The molecular weight excluding hydrogens is 1050 g/mol. The molecule has 3 fully saturated rings. The van der Waals surface area contributed by atoms with Crippen LogP contribution in [0.1, 0.15) is 43.2 Å². The van der Waals surface area contributed by atoms with E-state index in [4.69, 9.17) is 23.7 Å². The first kappa shape index (κ1) is 61.9. The number of aliphatic hydroxyl groups is 4. The number of phenols is 1. The zero-order chi connectivity index (χ0) is 54.7. The van der Waals surface area contributed by atoms with Gasteiger partial charge >= 0.3 is 35.6 Å². The standard InChI is InChI=1S/C52H68N8O16S.Na/c61-29-45(67)56-47-40(63)26-52(50(69)70,76-49(47)48(68)41(64)27-54-44(66)25-32-5-9-34(10-6-32)35-13-15-37(62)16-14-35)75-30-33-7-11-36(12-8-33)38-28-60(59-58-38)18-20-73-22-24-74-23-21-72-19-17-53-43(65)4-2-1-3-42-46-39(31-77-42)55-51(71)57-46;/h5-16,28,39-42,46-49,61-64,68H,1-4,17-27,29-31H2,(H,53,65)(H,54,66)(H,56,67)(H,69,70)(H2,55,57,71);/q;+1/p-1/t39-,40+,41-,42-,46-,47-,48-,49-,52-;/m1./s1. The molecule has 4 aromatic rings. The molecule has 4 heterocycles. The number of thioether (sulfide) groups is 1. The minimum Gasteiger partial charge on any atom is -0.544 e. The van der Waals surface area contributed by atoms with Crippen molar-refractivity contribution >= 4 is 41.5 Å². The number of fused-ring (bicyclic) bond motifs is 1. The molecule has 26 heteroatoms. The molecule has 0 saturated carbocycles. The number of nitrogens with one attached hydrogen (secondary N) is 5. The maximum absolute atomic E-state index is 12.9. The average molecular weight is 1120 g/mol. The van der Waals surface area contributed by atoms with Gasteiger partial charge in [-0.15, -0.1) is 5.10 Å². The number of carbonyl (C=O) groups is 5. The molecule has 3 saturated heterocycles. The Hall–Kier alpha value is -5.26. The fourth-order valence-electron chi connectivity index (χ4n) is 9.05. The van der Waals surface area contributed by atoms with Crippen molar-refractivity contribution in [1.82, 2.24) is 41.6 Å². The minimum atomic E-state index is -2.69. The van der Waals surface area contributed by atoms with Crippen LogP contribution in [0.4, 0.5) is 4.79 Å². The Bertz CT molecular complexity index is 2550. The van der Waals surface area contributed by atoms with Gasteiger partial charge in [0.15, 0.2) is 0 Å².